The zero-order valence-electron chi connectivity index (χ0n) is 3.47. The summed E-state index contributed by atoms with van der Waals surface area (Å²) in [5.74, 6) is 1.75. The molecule has 0 heterocycles. The largest absolute Gasteiger partial charge is 0.588 e. The third-order valence-electron chi connectivity index (χ3n) is 0. The molecule has 0 amide bonds. The Morgan fingerprint density at radius 3 is 1.57 bits per heavy atom. The minimum atomic E-state index is -1.25. The van der Waals surface area contributed by atoms with Crippen LogP contribution in [-0.2, 0) is 0 Å². The first-order valence-electron chi connectivity index (χ1n) is 1.19. The normalized spacial score (nSPS) is 4.57. The molecule has 7 heavy (non-hydrogen) atoms. The maximum Gasteiger partial charge on any atom is -0.0306 e. The molecule has 0 aliphatic carbocycles. The van der Waals surface area contributed by atoms with E-state index in [1.165, 1.54) is 0 Å². The monoisotopic (exact) mass is 102 g/mol. The molecule has 0 fully saturated rings. The molecule has 0 rings (SSSR count). The average Bonchev–Trinajstić information content (AvgIpc) is 1.33. The Morgan fingerprint density at radius 2 is 1.57 bits per heavy atom. The van der Waals surface area contributed by atoms with Crippen molar-refractivity contribution in [1.29, 1.82) is 10.9 Å². The Balaban J connectivity index is 0. The summed E-state index contributed by atoms with van der Waals surface area (Å²) in [6, 6.07) is 0. The Labute approximate surface area is 40.0 Å². The van der Waals surface area contributed by atoms with Crippen molar-refractivity contribution < 1.29 is 5.02 Å². The van der Waals surface area contributed by atoms with E-state index in [4.69, 9.17) is 21.4 Å². The van der Waals surface area contributed by atoms with Gasteiger partial charge in [-0.15, -0.1) is 0 Å². The minimum Gasteiger partial charge on any atom is -0.588 e. The van der Waals surface area contributed by atoms with Gasteiger partial charge in [0.2, 0.25) is 0 Å². The molecular weight excluding hydrogens is 98.0 g/mol. The van der Waals surface area contributed by atoms with Crippen LogP contribution in [0.3, 0.4) is 0 Å². The van der Waals surface area contributed by atoms with Crippen LogP contribution >= 0.6 is 0 Å². The Bertz CT molecular complexity index is 78.9. The smallest absolute Gasteiger partial charge is 0.0306 e. The van der Waals surface area contributed by atoms with Crippen molar-refractivity contribution in [3.63, 3.8) is 0 Å². The topological polar surface area (TPSA) is 96.8 Å². The van der Waals surface area contributed by atoms with E-state index in [0.717, 1.165) is 0 Å². The van der Waals surface area contributed by atoms with E-state index in [2.05, 4.69) is 6.58 Å². The van der Waals surface area contributed by atoms with Crippen LogP contribution in [0.2, 0.25) is 0 Å². The van der Waals surface area contributed by atoms with Crippen LogP contribution in [0.5, 0.6) is 0 Å². The van der Waals surface area contributed by atoms with E-state index in [0.29, 0.717) is 0 Å². The molecule has 0 aliphatic rings. The molecule has 0 aromatic heterocycles. The van der Waals surface area contributed by atoms with Crippen LogP contribution in [0.15, 0.2) is 6.58 Å². The van der Waals surface area contributed by atoms with Crippen molar-refractivity contribution in [2.75, 3.05) is 0 Å². The summed E-state index contributed by atoms with van der Waals surface area (Å²) < 4.78 is 0. The number of nitrogens with zero attached hydrogens (tertiary/aromatic N) is 1. The highest BCUT2D eigenvalue weighted by Gasteiger charge is 1.34. The molecular formula is C2H4N3O2-. The van der Waals surface area contributed by atoms with Crippen LogP contribution in [0, 0.1) is 21.4 Å². The zero-order valence-corrected chi connectivity index (χ0v) is 3.47. The second-order valence-corrected chi connectivity index (χ2v) is 0.434. The van der Waals surface area contributed by atoms with Crippen molar-refractivity contribution >= 4 is 5.87 Å². The van der Waals surface area contributed by atoms with Gasteiger partial charge in [0.25, 0.3) is 0 Å². The summed E-state index contributed by atoms with van der Waals surface area (Å²) >= 11 is 0. The highest BCUT2D eigenvalue weighted by molar-refractivity contribution is 5.41. The van der Waals surface area contributed by atoms with Gasteiger partial charge in [0.15, 0.2) is 0 Å². The van der Waals surface area contributed by atoms with Crippen LogP contribution in [0.25, 0.3) is 0 Å². The van der Waals surface area contributed by atoms with E-state index in [9.17, 15) is 0 Å². The molecule has 0 aromatic carbocycles. The molecule has 0 aliphatic heterocycles. The number of hydrogen-bond donors (Lipinski definition) is 2. The van der Waals surface area contributed by atoms with E-state index in [-0.39, 0.29) is 0 Å². The molecule has 0 atom stereocenters. The fourth-order valence-corrected chi connectivity index (χ4v) is 0. The predicted molar refractivity (Wildman–Crippen MR) is 23.1 cm³/mol. The molecule has 40 valence electrons. The fraction of sp³-hybridized carbons (Fsp3) is 0. The van der Waals surface area contributed by atoms with Gasteiger partial charge in [-0.2, -0.15) is 0 Å². The standard InChI is InChI=1S/C2H3N.HN2O2/c1-2-3;1-2(3)4/h3H,1H2;(H-,1,3,4)/q;-1. The van der Waals surface area contributed by atoms with Gasteiger partial charge in [-0.05, 0) is 18.0 Å². The van der Waals surface area contributed by atoms with Crippen LogP contribution in [-0.4, -0.2) is 10.9 Å². The SMILES string of the molecule is C=C=N.N=[N+]([O-])[O-]. The van der Waals surface area contributed by atoms with Gasteiger partial charge in [-0.1, -0.05) is 5.02 Å². The molecule has 0 spiro atoms. The first-order chi connectivity index (χ1) is 3.15. The molecule has 5 nitrogen and oxygen atoms in total. The van der Waals surface area contributed by atoms with Crippen molar-refractivity contribution in [3.8, 4) is 0 Å². The summed E-state index contributed by atoms with van der Waals surface area (Å²) in [4.78, 5) is 0. The number of rotatable bonds is 0. The molecule has 0 unspecified atom stereocenters. The van der Waals surface area contributed by atoms with Crippen LogP contribution in [0.1, 0.15) is 0 Å². The van der Waals surface area contributed by atoms with E-state index >= 15 is 0 Å². The third kappa shape index (κ3) is 17.9. The van der Waals surface area contributed by atoms with Crippen molar-refractivity contribution in [3.05, 3.63) is 17.0 Å². The van der Waals surface area contributed by atoms with Gasteiger partial charge >= 0.3 is 0 Å². The van der Waals surface area contributed by atoms with E-state index in [1.54, 1.807) is 5.87 Å². The van der Waals surface area contributed by atoms with E-state index in [1.807, 2.05) is 0 Å². The lowest BCUT2D eigenvalue weighted by molar-refractivity contribution is -0.482. The Kier molecular flexibility index (Phi) is 11.6. The van der Waals surface area contributed by atoms with E-state index < -0.39 is 5.02 Å². The van der Waals surface area contributed by atoms with Gasteiger partial charge < -0.3 is 10.4 Å². The lowest BCUT2D eigenvalue weighted by Crippen LogP contribution is -1.74. The predicted octanol–water partition coefficient (Wildman–Crippen LogP) is 0.446. The molecule has 0 saturated heterocycles. The molecule has 0 bridgehead atoms. The van der Waals surface area contributed by atoms with Gasteiger partial charge in [-0.3, -0.25) is 5.41 Å². The molecule has 0 aromatic rings. The van der Waals surface area contributed by atoms with Gasteiger partial charge in [-0.25, -0.2) is 0 Å². The third-order valence-corrected chi connectivity index (χ3v) is 0. The molecule has 2 N–H and O–H groups in total. The van der Waals surface area contributed by atoms with Gasteiger partial charge in [0.1, 0.15) is 0 Å². The second-order valence-electron chi connectivity index (χ2n) is 0.434. The van der Waals surface area contributed by atoms with Gasteiger partial charge in [0, 0.05) is 0 Å². The summed E-state index contributed by atoms with van der Waals surface area (Å²) in [5, 5.41) is 21.5. The van der Waals surface area contributed by atoms with Crippen LogP contribution < -0.4 is 0 Å². The quantitative estimate of drug-likeness (QED) is 0.263. The molecule has 0 saturated carbocycles. The second kappa shape index (κ2) is 8.82. The van der Waals surface area contributed by atoms with Crippen LogP contribution in [0.4, 0.5) is 0 Å². The summed E-state index contributed by atoms with van der Waals surface area (Å²) in [6.45, 7) is 2.90. The summed E-state index contributed by atoms with van der Waals surface area (Å²) in [7, 11) is 0. The molecule has 5 heteroatoms. The maximum atomic E-state index is 8.47. The van der Waals surface area contributed by atoms with Crippen molar-refractivity contribution in [2.24, 2.45) is 0 Å². The van der Waals surface area contributed by atoms with Crippen molar-refractivity contribution in [1.82, 2.24) is 0 Å². The molecule has 0 radical (unpaired) electrons. The average molecular weight is 102 g/mol. The minimum absolute atomic E-state index is 1.25. The highest BCUT2D eigenvalue weighted by Crippen LogP contribution is 1.45. The lowest BCUT2D eigenvalue weighted by Gasteiger charge is -1.88. The first-order valence-corrected chi connectivity index (χ1v) is 1.19. The van der Waals surface area contributed by atoms with Crippen molar-refractivity contribution in [2.45, 2.75) is 0 Å². The van der Waals surface area contributed by atoms with Gasteiger partial charge in [0.05, 0.1) is 0 Å². The highest BCUT2D eigenvalue weighted by atomic mass is 16.8. The maximum absolute atomic E-state index is 8.47. The number of nitrogens with one attached hydrogen (secondary N) is 2. The lowest BCUT2D eigenvalue weighted by atomic mass is 11.2. The first kappa shape index (κ1) is 9.17. The Morgan fingerprint density at radius 1 is 1.57 bits per heavy atom. The summed E-state index contributed by atoms with van der Waals surface area (Å²) in [6.07, 6.45) is 0. The Hall–Kier alpha value is -1.35. The summed E-state index contributed by atoms with van der Waals surface area (Å²) in [5.41, 5.74) is 5.31. The number of hydrogen-bond acceptors (Lipinski definition) is 4. The zero-order chi connectivity index (χ0) is 6.28. The fourth-order valence-electron chi connectivity index (χ4n) is 0.